The maximum absolute atomic E-state index is 12.8. The highest BCUT2D eigenvalue weighted by Gasteiger charge is 2.40. The van der Waals surface area contributed by atoms with Crippen molar-refractivity contribution in [3.63, 3.8) is 0 Å². The monoisotopic (exact) mass is 350 g/mol. The highest BCUT2D eigenvalue weighted by Crippen LogP contribution is 2.33. The van der Waals surface area contributed by atoms with Crippen LogP contribution >= 0.6 is 23.2 Å². The Labute approximate surface area is 134 Å². The van der Waals surface area contributed by atoms with Gasteiger partial charge in [0.15, 0.2) is 0 Å². The molecule has 0 saturated carbocycles. The lowest BCUT2D eigenvalue weighted by Gasteiger charge is -2.23. The summed E-state index contributed by atoms with van der Waals surface area (Å²) in [6.07, 6.45) is 1.14. The van der Waals surface area contributed by atoms with Crippen LogP contribution in [0.2, 0.25) is 10.0 Å². The minimum atomic E-state index is -3.83. The summed E-state index contributed by atoms with van der Waals surface area (Å²) in [5.41, 5.74) is 0.621. The normalized spacial score (nSPS) is 19.7. The number of carbonyl (C=O) groups excluding carboxylic acids is 1. The lowest BCUT2D eigenvalue weighted by Crippen LogP contribution is -2.44. The number of nitrogens with one attached hydrogen (secondary N) is 1. The Kier molecular flexibility index (Phi) is 4.82. The molecule has 0 radical (unpaired) electrons. The molecule has 0 spiro atoms. The van der Waals surface area contributed by atoms with E-state index in [-0.39, 0.29) is 15.8 Å². The molecular formula is C13H16Cl2N2O3S. The van der Waals surface area contributed by atoms with Crippen molar-refractivity contribution in [1.29, 1.82) is 0 Å². The van der Waals surface area contributed by atoms with E-state index in [0.717, 1.165) is 0 Å². The van der Waals surface area contributed by atoms with Crippen molar-refractivity contribution in [2.45, 2.75) is 30.7 Å². The van der Waals surface area contributed by atoms with Crippen LogP contribution in [-0.4, -0.2) is 38.3 Å². The maximum atomic E-state index is 12.8. The summed E-state index contributed by atoms with van der Waals surface area (Å²) in [5.74, 6) is -0.308. The lowest BCUT2D eigenvalue weighted by atomic mass is 10.2. The Balaban J connectivity index is 2.47. The second-order valence-electron chi connectivity index (χ2n) is 4.92. The number of nitrogens with zero attached hydrogens (tertiary/aromatic N) is 1. The van der Waals surface area contributed by atoms with Crippen LogP contribution in [0.4, 0.5) is 0 Å². The summed E-state index contributed by atoms with van der Waals surface area (Å²) in [4.78, 5) is 11.8. The Morgan fingerprint density at radius 2 is 2.00 bits per heavy atom. The molecule has 0 bridgehead atoms. The molecule has 1 aromatic rings. The number of carbonyl (C=O) groups is 1. The number of aryl methyl sites for hydroxylation is 1. The van der Waals surface area contributed by atoms with Gasteiger partial charge in [-0.3, -0.25) is 4.79 Å². The number of hydrogen-bond acceptors (Lipinski definition) is 3. The Hall–Kier alpha value is -0.820. The van der Waals surface area contributed by atoms with Gasteiger partial charge in [-0.1, -0.05) is 23.2 Å². The molecule has 1 unspecified atom stereocenters. The summed E-state index contributed by atoms with van der Waals surface area (Å²) < 4.78 is 26.7. The number of sulfonamides is 1. The van der Waals surface area contributed by atoms with Gasteiger partial charge >= 0.3 is 0 Å². The molecule has 116 valence electrons. The number of rotatable bonds is 3. The number of benzene rings is 1. The fraction of sp³-hybridized carbons (Fsp3) is 0.462. The summed E-state index contributed by atoms with van der Waals surface area (Å²) >= 11 is 12.0. The summed E-state index contributed by atoms with van der Waals surface area (Å²) in [6.45, 7) is 2.01. The van der Waals surface area contributed by atoms with Gasteiger partial charge in [0.2, 0.25) is 15.9 Å². The summed E-state index contributed by atoms with van der Waals surface area (Å²) in [7, 11) is -2.34. The van der Waals surface area contributed by atoms with Crippen molar-refractivity contribution in [2.24, 2.45) is 0 Å². The van der Waals surface area contributed by atoms with Crippen LogP contribution in [0.3, 0.4) is 0 Å². The average molecular weight is 351 g/mol. The van der Waals surface area contributed by atoms with Crippen LogP contribution in [-0.2, 0) is 14.8 Å². The molecular weight excluding hydrogens is 335 g/mol. The second kappa shape index (κ2) is 6.12. The SMILES string of the molecule is CNC(=O)C1CCCN1S(=O)(=O)c1cc(C)c(Cl)cc1Cl. The molecule has 5 nitrogen and oxygen atoms in total. The van der Waals surface area contributed by atoms with E-state index in [1.54, 1.807) is 6.92 Å². The molecule has 8 heteroatoms. The Bertz CT molecular complexity index is 676. The molecule has 1 aromatic carbocycles. The zero-order valence-electron chi connectivity index (χ0n) is 11.7. The molecule has 21 heavy (non-hydrogen) atoms. The molecule has 1 amide bonds. The van der Waals surface area contributed by atoms with Crippen LogP contribution < -0.4 is 5.32 Å². The first-order chi connectivity index (χ1) is 9.78. The first kappa shape index (κ1) is 16.5. The second-order valence-corrected chi connectivity index (χ2v) is 7.59. The third kappa shape index (κ3) is 3.04. The van der Waals surface area contributed by atoms with Crippen LogP contribution in [0.5, 0.6) is 0 Å². The minimum absolute atomic E-state index is 0.0122. The van der Waals surface area contributed by atoms with Crippen LogP contribution in [0.25, 0.3) is 0 Å². The van der Waals surface area contributed by atoms with Gasteiger partial charge in [0.1, 0.15) is 10.9 Å². The predicted molar refractivity (Wildman–Crippen MR) is 82.2 cm³/mol. The number of likely N-dealkylation sites (N-methyl/N-ethyl adjacent to an activating group) is 1. The highest BCUT2D eigenvalue weighted by molar-refractivity contribution is 7.89. The maximum Gasteiger partial charge on any atom is 0.245 e. The Morgan fingerprint density at radius 3 is 2.62 bits per heavy atom. The van der Waals surface area contributed by atoms with Crippen molar-refractivity contribution in [1.82, 2.24) is 9.62 Å². The topological polar surface area (TPSA) is 66.5 Å². The van der Waals surface area contributed by atoms with Gasteiger partial charge < -0.3 is 5.32 Å². The average Bonchev–Trinajstić information content (AvgIpc) is 2.91. The summed E-state index contributed by atoms with van der Waals surface area (Å²) in [5, 5.41) is 2.97. The minimum Gasteiger partial charge on any atom is -0.358 e. The van der Waals surface area contributed by atoms with E-state index >= 15 is 0 Å². The molecule has 1 heterocycles. The standard InChI is InChI=1S/C13H16Cl2N2O3S/c1-8-6-12(10(15)7-9(8)14)21(19,20)17-5-3-4-11(17)13(18)16-2/h6-7,11H,3-5H2,1-2H3,(H,16,18). The van der Waals surface area contributed by atoms with E-state index in [1.165, 1.54) is 23.5 Å². The zero-order valence-corrected chi connectivity index (χ0v) is 14.0. The molecule has 1 aliphatic rings. The van der Waals surface area contributed by atoms with Gasteiger partial charge in [0, 0.05) is 18.6 Å². The fourth-order valence-electron chi connectivity index (χ4n) is 2.41. The van der Waals surface area contributed by atoms with Crippen LogP contribution in [0.15, 0.2) is 17.0 Å². The molecule has 2 rings (SSSR count). The number of amides is 1. The van der Waals surface area contributed by atoms with Gasteiger partial charge in [0.25, 0.3) is 0 Å². The van der Waals surface area contributed by atoms with Gasteiger partial charge in [-0.2, -0.15) is 4.31 Å². The van der Waals surface area contributed by atoms with Gasteiger partial charge in [-0.15, -0.1) is 0 Å². The van der Waals surface area contributed by atoms with Gasteiger partial charge in [0.05, 0.1) is 5.02 Å². The lowest BCUT2D eigenvalue weighted by molar-refractivity contribution is -0.123. The molecule has 0 aliphatic carbocycles. The third-order valence-corrected chi connectivity index (χ3v) is 6.33. The fourth-order valence-corrected chi connectivity index (χ4v) is 4.88. The van der Waals surface area contributed by atoms with Crippen molar-refractivity contribution in [3.8, 4) is 0 Å². The van der Waals surface area contributed by atoms with E-state index in [1.807, 2.05) is 0 Å². The first-order valence-corrected chi connectivity index (χ1v) is 8.67. The van der Waals surface area contributed by atoms with E-state index in [2.05, 4.69) is 5.32 Å². The van der Waals surface area contributed by atoms with E-state index in [0.29, 0.717) is 30.0 Å². The smallest absolute Gasteiger partial charge is 0.245 e. The van der Waals surface area contributed by atoms with E-state index in [9.17, 15) is 13.2 Å². The molecule has 1 fully saturated rings. The summed E-state index contributed by atoms with van der Waals surface area (Å²) in [6, 6.07) is 2.17. The van der Waals surface area contributed by atoms with Crippen molar-refractivity contribution >= 4 is 39.1 Å². The third-order valence-electron chi connectivity index (χ3n) is 3.55. The number of hydrogen-bond donors (Lipinski definition) is 1. The molecule has 1 saturated heterocycles. The molecule has 1 N–H and O–H groups in total. The van der Waals surface area contributed by atoms with Crippen molar-refractivity contribution in [3.05, 3.63) is 27.7 Å². The van der Waals surface area contributed by atoms with E-state index in [4.69, 9.17) is 23.2 Å². The predicted octanol–water partition coefficient (Wildman–Crippen LogP) is 2.20. The van der Waals surface area contributed by atoms with Crippen molar-refractivity contribution < 1.29 is 13.2 Å². The zero-order chi connectivity index (χ0) is 15.8. The molecule has 1 atom stereocenters. The quantitative estimate of drug-likeness (QED) is 0.908. The van der Waals surface area contributed by atoms with Crippen LogP contribution in [0, 0.1) is 6.92 Å². The van der Waals surface area contributed by atoms with Crippen molar-refractivity contribution in [2.75, 3.05) is 13.6 Å². The van der Waals surface area contributed by atoms with Gasteiger partial charge in [-0.25, -0.2) is 8.42 Å². The largest absolute Gasteiger partial charge is 0.358 e. The van der Waals surface area contributed by atoms with Gasteiger partial charge in [-0.05, 0) is 37.5 Å². The Morgan fingerprint density at radius 1 is 1.33 bits per heavy atom. The number of halogens is 2. The first-order valence-electron chi connectivity index (χ1n) is 6.48. The van der Waals surface area contributed by atoms with E-state index < -0.39 is 16.1 Å². The van der Waals surface area contributed by atoms with Crippen LogP contribution in [0.1, 0.15) is 18.4 Å². The highest BCUT2D eigenvalue weighted by atomic mass is 35.5. The molecule has 1 aliphatic heterocycles. The molecule has 0 aromatic heterocycles.